The molecule has 0 radical (unpaired) electrons. The summed E-state index contributed by atoms with van der Waals surface area (Å²) < 4.78 is 14.4. The van der Waals surface area contributed by atoms with Gasteiger partial charge in [0.15, 0.2) is 0 Å². The van der Waals surface area contributed by atoms with Crippen LogP contribution >= 0.6 is 11.8 Å². The number of amides is 1. The van der Waals surface area contributed by atoms with Gasteiger partial charge >= 0.3 is 0 Å². The van der Waals surface area contributed by atoms with Crippen molar-refractivity contribution in [3.63, 3.8) is 0 Å². The lowest BCUT2D eigenvalue weighted by molar-refractivity contribution is -0.127. The lowest BCUT2D eigenvalue weighted by atomic mass is 10.2. The van der Waals surface area contributed by atoms with Crippen molar-refractivity contribution >= 4 is 23.4 Å². The molecule has 0 aliphatic rings. The highest BCUT2D eigenvalue weighted by Crippen LogP contribution is 2.15. The second-order valence-electron chi connectivity index (χ2n) is 4.92. The maximum absolute atomic E-state index is 12.9. The number of benzene rings is 1. The summed E-state index contributed by atoms with van der Waals surface area (Å²) >= 11 is 1.26. The molecule has 0 N–H and O–H groups in total. The van der Waals surface area contributed by atoms with Crippen LogP contribution in [-0.2, 0) is 11.3 Å². The van der Waals surface area contributed by atoms with Crippen LogP contribution in [0.15, 0.2) is 47.9 Å². The van der Waals surface area contributed by atoms with E-state index >= 15 is 0 Å². The number of rotatable bonds is 5. The zero-order valence-corrected chi connectivity index (χ0v) is 13.2. The average molecular weight is 331 g/mol. The third-order valence-electron chi connectivity index (χ3n) is 3.18. The monoisotopic (exact) mass is 331 g/mol. The van der Waals surface area contributed by atoms with E-state index in [2.05, 4.69) is 15.1 Å². The molecule has 3 rings (SSSR count). The maximum Gasteiger partial charge on any atom is 0.253 e. The van der Waals surface area contributed by atoms with Crippen molar-refractivity contribution in [1.29, 1.82) is 0 Å². The molecule has 3 aromatic rings. The molecule has 2 heterocycles. The predicted molar refractivity (Wildman–Crippen MR) is 84.4 cm³/mol. The first-order valence-corrected chi connectivity index (χ1v) is 7.89. The number of halogens is 1. The Balaban J connectivity index is 1.56. The summed E-state index contributed by atoms with van der Waals surface area (Å²) in [6.45, 7) is 0.430. The molecule has 0 saturated heterocycles. The van der Waals surface area contributed by atoms with Gasteiger partial charge in [-0.25, -0.2) is 13.9 Å². The van der Waals surface area contributed by atoms with E-state index in [1.165, 1.54) is 23.9 Å². The standard InChI is InChI=1S/C15H14FN5OS/c1-20(9-11-3-5-12(16)6-4-11)13(22)10-23-15-18-14-17-7-2-8-21(14)19-15/h2-8H,9-10H2,1H3. The molecule has 8 heteroatoms. The van der Waals surface area contributed by atoms with Gasteiger partial charge in [-0.1, -0.05) is 23.9 Å². The van der Waals surface area contributed by atoms with Crippen molar-refractivity contribution in [1.82, 2.24) is 24.5 Å². The van der Waals surface area contributed by atoms with E-state index < -0.39 is 0 Å². The van der Waals surface area contributed by atoms with Crippen molar-refractivity contribution in [2.75, 3.05) is 12.8 Å². The molecule has 6 nitrogen and oxygen atoms in total. The van der Waals surface area contributed by atoms with Crippen molar-refractivity contribution < 1.29 is 9.18 Å². The number of hydrogen-bond acceptors (Lipinski definition) is 5. The summed E-state index contributed by atoms with van der Waals surface area (Å²) in [5.74, 6) is 0.396. The van der Waals surface area contributed by atoms with Crippen LogP contribution in [0, 0.1) is 5.82 Å². The summed E-state index contributed by atoms with van der Waals surface area (Å²) in [6, 6.07) is 7.87. The Morgan fingerprint density at radius 1 is 1.35 bits per heavy atom. The summed E-state index contributed by atoms with van der Waals surface area (Å²) in [5, 5.41) is 4.74. The topological polar surface area (TPSA) is 63.4 Å². The highest BCUT2D eigenvalue weighted by atomic mass is 32.2. The van der Waals surface area contributed by atoms with Crippen molar-refractivity contribution in [2.24, 2.45) is 0 Å². The van der Waals surface area contributed by atoms with Gasteiger partial charge in [-0.3, -0.25) is 4.79 Å². The van der Waals surface area contributed by atoms with E-state index in [4.69, 9.17) is 0 Å². The summed E-state index contributed by atoms with van der Waals surface area (Å²) in [6.07, 6.45) is 3.39. The van der Waals surface area contributed by atoms with Crippen molar-refractivity contribution in [3.8, 4) is 0 Å². The van der Waals surface area contributed by atoms with E-state index in [-0.39, 0.29) is 17.5 Å². The van der Waals surface area contributed by atoms with E-state index in [1.54, 1.807) is 47.1 Å². The van der Waals surface area contributed by atoms with Gasteiger partial charge < -0.3 is 4.90 Å². The first-order valence-electron chi connectivity index (χ1n) is 6.90. The lowest BCUT2D eigenvalue weighted by Gasteiger charge is -2.16. The minimum absolute atomic E-state index is 0.0499. The number of carbonyl (C=O) groups is 1. The number of carbonyl (C=O) groups excluding carboxylic acids is 1. The second kappa shape index (κ2) is 6.74. The van der Waals surface area contributed by atoms with Crippen molar-refractivity contribution in [2.45, 2.75) is 11.7 Å². The van der Waals surface area contributed by atoms with Crippen LogP contribution < -0.4 is 0 Å². The van der Waals surface area contributed by atoms with Gasteiger partial charge in [-0.05, 0) is 23.8 Å². The molecule has 1 aromatic carbocycles. The molecule has 0 unspecified atom stereocenters. The first-order chi connectivity index (χ1) is 11.1. The molecular weight excluding hydrogens is 317 g/mol. The normalized spacial score (nSPS) is 10.9. The van der Waals surface area contributed by atoms with Crippen LogP contribution in [0.1, 0.15) is 5.56 Å². The molecule has 2 aromatic heterocycles. The molecule has 0 aliphatic carbocycles. The van der Waals surface area contributed by atoms with Gasteiger partial charge in [-0.15, -0.1) is 5.10 Å². The van der Waals surface area contributed by atoms with E-state index in [0.717, 1.165) is 5.56 Å². The molecule has 0 fully saturated rings. The molecule has 0 saturated carbocycles. The van der Waals surface area contributed by atoms with Crippen molar-refractivity contribution in [3.05, 3.63) is 54.1 Å². The zero-order valence-electron chi connectivity index (χ0n) is 12.4. The lowest BCUT2D eigenvalue weighted by Crippen LogP contribution is -2.27. The Morgan fingerprint density at radius 3 is 2.87 bits per heavy atom. The molecule has 0 spiro atoms. The smallest absolute Gasteiger partial charge is 0.253 e. The van der Waals surface area contributed by atoms with Crippen LogP contribution in [0.4, 0.5) is 4.39 Å². The van der Waals surface area contributed by atoms with Gasteiger partial charge in [0.05, 0.1) is 5.75 Å². The third kappa shape index (κ3) is 3.84. The largest absolute Gasteiger partial charge is 0.341 e. The first kappa shape index (κ1) is 15.4. The Labute approximate surface area is 136 Å². The van der Waals surface area contributed by atoms with E-state index in [0.29, 0.717) is 17.5 Å². The Kier molecular flexibility index (Phi) is 4.52. The summed E-state index contributed by atoms with van der Waals surface area (Å²) in [4.78, 5) is 22.1. The minimum atomic E-state index is -0.287. The fourth-order valence-corrected chi connectivity index (χ4v) is 2.73. The maximum atomic E-state index is 12.9. The Bertz CT molecular complexity index is 787. The highest BCUT2D eigenvalue weighted by Gasteiger charge is 2.12. The van der Waals surface area contributed by atoms with E-state index in [9.17, 15) is 9.18 Å². The van der Waals surface area contributed by atoms with Gasteiger partial charge in [-0.2, -0.15) is 4.98 Å². The third-order valence-corrected chi connectivity index (χ3v) is 4.00. The van der Waals surface area contributed by atoms with Gasteiger partial charge in [0.2, 0.25) is 11.1 Å². The highest BCUT2D eigenvalue weighted by molar-refractivity contribution is 7.99. The molecule has 118 valence electrons. The van der Waals surface area contributed by atoms with Crippen LogP contribution in [0.2, 0.25) is 0 Å². The van der Waals surface area contributed by atoms with Gasteiger partial charge in [0, 0.05) is 26.0 Å². The van der Waals surface area contributed by atoms with Crippen LogP contribution in [-0.4, -0.2) is 43.2 Å². The molecule has 23 heavy (non-hydrogen) atoms. The number of hydrogen-bond donors (Lipinski definition) is 0. The molecule has 0 bridgehead atoms. The molecule has 0 atom stereocenters. The number of fused-ring (bicyclic) bond motifs is 1. The minimum Gasteiger partial charge on any atom is -0.341 e. The zero-order chi connectivity index (χ0) is 16.2. The van der Waals surface area contributed by atoms with Gasteiger partial charge in [0.25, 0.3) is 5.78 Å². The molecule has 0 aliphatic heterocycles. The average Bonchev–Trinajstić information content (AvgIpc) is 2.97. The van der Waals surface area contributed by atoms with E-state index in [1.807, 2.05) is 0 Å². The fourth-order valence-electron chi connectivity index (χ4n) is 1.96. The van der Waals surface area contributed by atoms with Crippen LogP contribution in [0.5, 0.6) is 0 Å². The molecular formula is C15H14FN5OS. The number of thioether (sulfide) groups is 1. The second-order valence-corrected chi connectivity index (χ2v) is 5.87. The summed E-state index contributed by atoms with van der Waals surface area (Å²) in [7, 11) is 1.71. The van der Waals surface area contributed by atoms with Crippen LogP contribution in [0.25, 0.3) is 5.78 Å². The molecule has 1 amide bonds. The summed E-state index contributed by atoms with van der Waals surface area (Å²) in [5.41, 5.74) is 0.877. The quantitative estimate of drug-likeness (QED) is 0.669. The van der Waals surface area contributed by atoms with Crippen LogP contribution in [0.3, 0.4) is 0 Å². The fraction of sp³-hybridized carbons (Fsp3) is 0.200. The predicted octanol–water partition coefficient (Wildman–Crippen LogP) is 2.01. The number of nitrogens with zero attached hydrogens (tertiary/aromatic N) is 5. The Morgan fingerprint density at radius 2 is 2.13 bits per heavy atom. The SMILES string of the molecule is CN(Cc1ccc(F)cc1)C(=O)CSc1nc2ncccn2n1. The van der Waals surface area contributed by atoms with Gasteiger partial charge in [0.1, 0.15) is 5.82 Å². The Hall–Kier alpha value is -2.48. The number of aromatic nitrogens is 4.